The van der Waals surface area contributed by atoms with Crippen LogP contribution < -0.4 is 16.4 Å². The van der Waals surface area contributed by atoms with Gasteiger partial charge < -0.3 is 21.1 Å². The standard InChI is InChI=1S/C12H23N3O2/c1-5-6-7-14-10(8-13)9-15-11(16)17-12(2,3)4/h1,10,14H,6-9,13H2,2-4H3,(H,15,16). The third kappa shape index (κ3) is 9.67. The van der Waals surface area contributed by atoms with Crippen molar-refractivity contribution >= 4 is 6.09 Å². The number of amides is 1. The molecular weight excluding hydrogens is 218 g/mol. The zero-order chi connectivity index (χ0) is 13.3. The first kappa shape index (κ1) is 15.8. The molecule has 17 heavy (non-hydrogen) atoms. The Morgan fingerprint density at radius 2 is 2.18 bits per heavy atom. The molecule has 1 amide bonds. The van der Waals surface area contributed by atoms with Crippen molar-refractivity contribution in [3.63, 3.8) is 0 Å². The number of terminal acetylenes is 1. The van der Waals surface area contributed by atoms with Gasteiger partial charge in [-0.05, 0) is 20.8 Å². The minimum absolute atomic E-state index is 0.0101. The molecule has 0 aromatic rings. The van der Waals surface area contributed by atoms with E-state index >= 15 is 0 Å². The molecule has 0 bridgehead atoms. The third-order valence-electron chi connectivity index (χ3n) is 1.88. The second-order valence-electron chi connectivity index (χ2n) is 4.72. The van der Waals surface area contributed by atoms with Crippen LogP contribution >= 0.6 is 0 Å². The van der Waals surface area contributed by atoms with Crippen molar-refractivity contribution < 1.29 is 9.53 Å². The van der Waals surface area contributed by atoms with Crippen molar-refractivity contribution in [3.8, 4) is 12.3 Å². The fourth-order valence-electron chi connectivity index (χ4n) is 1.11. The summed E-state index contributed by atoms with van der Waals surface area (Å²) < 4.78 is 5.11. The summed E-state index contributed by atoms with van der Waals surface area (Å²) in [6.07, 6.45) is 5.34. The molecule has 0 aromatic heterocycles. The van der Waals surface area contributed by atoms with Gasteiger partial charge in [-0.25, -0.2) is 4.79 Å². The molecule has 98 valence electrons. The van der Waals surface area contributed by atoms with Crippen LogP contribution in [0.5, 0.6) is 0 Å². The van der Waals surface area contributed by atoms with Crippen molar-refractivity contribution in [2.75, 3.05) is 19.6 Å². The third-order valence-corrected chi connectivity index (χ3v) is 1.88. The van der Waals surface area contributed by atoms with Gasteiger partial charge in [-0.3, -0.25) is 0 Å². The van der Waals surface area contributed by atoms with Gasteiger partial charge in [-0.2, -0.15) is 0 Å². The van der Waals surface area contributed by atoms with E-state index in [-0.39, 0.29) is 6.04 Å². The Hall–Kier alpha value is -1.25. The average molecular weight is 241 g/mol. The number of alkyl carbamates (subject to hydrolysis) is 1. The first-order valence-corrected chi connectivity index (χ1v) is 5.73. The smallest absolute Gasteiger partial charge is 0.407 e. The van der Waals surface area contributed by atoms with Crippen LogP contribution in [0.2, 0.25) is 0 Å². The molecule has 1 unspecified atom stereocenters. The summed E-state index contributed by atoms with van der Waals surface area (Å²) in [7, 11) is 0. The predicted molar refractivity (Wildman–Crippen MR) is 68.5 cm³/mol. The first-order valence-electron chi connectivity index (χ1n) is 5.73. The van der Waals surface area contributed by atoms with Crippen LogP contribution in [0.4, 0.5) is 4.79 Å². The highest BCUT2D eigenvalue weighted by Gasteiger charge is 2.16. The SMILES string of the molecule is C#CCCNC(CN)CNC(=O)OC(C)(C)C. The molecule has 5 heteroatoms. The fourth-order valence-corrected chi connectivity index (χ4v) is 1.11. The van der Waals surface area contributed by atoms with Crippen LogP contribution in [0.1, 0.15) is 27.2 Å². The molecule has 0 saturated heterocycles. The molecule has 0 aliphatic rings. The van der Waals surface area contributed by atoms with Crippen LogP contribution in [0.15, 0.2) is 0 Å². The topological polar surface area (TPSA) is 76.4 Å². The van der Waals surface area contributed by atoms with Gasteiger partial charge in [0.05, 0.1) is 0 Å². The van der Waals surface area contributed by atoms with E-state index in [9.17, 15) is 4.79 Å². The van der Waals surface area contributed by atoms with Crippen molar-refractivity contribution in [2.24, 2.45) is 5.73 Å². The minimum Gasteiger partial charge on any atom is -0.444 e. The quantitative estimate of drug-likeness (QED) is 0.466. The lowest BCUT2D eigenvalue weighted by Crippen LogP contribution is -2.46. The molecular formula is C12H23N3O2. The highest BCUT2D eigenvalue weighted by molar-refractivity contribution is 5.67. The molecule has 0 spiro atoms. The molecule has 0 radical (unpaired) electrons. The van der Waals surface area contributed by atoms with Crippen LogP contribution in [-0.2, 0) is 4.74 Å². The maximum absolute atomic E-state index is 11.4. The monoisotopic (exact) mass is 241 g/mol. The molecule has 0 heterocycles. The van der Waals surface area contributed by atoms with Crippen molar-refractivity contribution in [1.82, 2.24) is 10.6 Å². The van der Waals surface area contributed by atoms with E-state index in [0.29, 0.717) is 26.1 Å². The summed E-state index contributed by atoms with van der Waals surface area (Å²) in [5, 5.41) is 5.81. The van der Waals surface area contributed by atoms with Crippen LogP contribution in [0.3, 0.4) is 0 Å². The Balaban J connectivity index is 3.83. The number of carbonyl (C=O) groups excluding carboxylic acids is 1. The zero-order valence-electron chi connectivity index (χ0n) is 10.9. The highest BCUT2D eigenvalue weighted by Crippen LogP contribution is 2.06. The van der Waals surface area contributed by atoms with E-state index in [1.54, 1.807) is 0 Å². The summed E-state index contributed by atoms with van der Waals surface area (Å²) in [6.45, 7) is 7.00. The van der Waals surface area contributed by atoms with Crippen molar-refractivity contribution in [1.29, 1.82) is 0 Å². The summed E-state index contributed by atoms with van der Waals surface area (Å²) in [5.74, 6) is 2.53. The maximum atomic E-state index is 11.4. The van der Waals surface area contributed by atoms with Gasteiger partial charge >= 0.3 is 6.09 Å². The normalized spacial score (nSPS) is 12.6. The molecule has 5 nitrogen and oxygen atoms in total. The molecule has 0 aromatic carbocycles. The number of nitrogens with one attached hydrogen (secondary N) is 2. The average Bonchev–Trinajstić information content (AvgIpc) is 2.20. The Kier molecular flexibility index (Phi) is 7.35. The lowest BCUT2D eigenvalue weighted by Gasteiger charge is -2.21. The molecule has 0 rings (SSSR count). The molecule has 0 saturated carbocycles. The number of hydrogen-bond donors (Lipinski definition) is 3. The minimum atomic E-state index is -0.487. The van der Waals surface area contributed by atoms with Gasteiger partial charge in [0.15, 0.2) is 0 Å². The van der Waals surface area contributed by atoms with E-state index < -0.39 is 11.7 Å². The number of nitrogens with two attached hydrogens (primary N) is 1. The van der Waals surface area contributed by atoms with Gasteiger partial charge in [-0.15, -0.1) is 12.3 Å². The van der Waals surface area contributed by atoms with Crippen LogP contribution in [-0.4, -0.2) is 37.4 Å². The molecule has 1 atom stereocenters. The van der Waals surface area contributed by atoms with Gasteiger partial charge in [0.2, 0.25) is 0 Å². The van der Waals surface area contributed by atoms with Crippen molar-refractivity contribution in [3.05, 3.63) is 0 Å². The fraction of sp³-hybridized carbons (Fsp3) is 0.750. The molecule has 0 aliphatic carbocycles. The van der Waals surface area contributed by atoms with Gasteiger partial charge in [0.1, 0.15) is 5.60 Å². The lowest BCUT2D eigenvalue weighted by atomic mass is 10.2. The lowest BCUT2D eigenvalue weighted by molar-refractivity contribution is 0.0523. The first-order chi connectivity index (χ1) is 7.89. The number of rotatable bonds is 6. The summed E-state index contributed by atoms with van der Waals surface area (Å²) in [5.41, 5.74) is 5.08. The summed E-state index contributed by atoms with van der Waals surface area (Å²) >= 11 is 0. The van der Waals surface area contributed by atoms with Gasteiger partial charge in [0, 0.05) is 32.1 Å². The van der Waals surface area contributed by atoms with E-state index in [1.165, 1.54) is 0 Å². The second-order valence-corrected chi connectivity index (χ2v) is 4.72. The van der Waals surface area contributed by atoms with Crippen LogP contribution in [0, 0.1) is 12.3 Å². The number of carbonyl (C=O) groups is 1. The maximum Gasteiger partial charge on any atom is 0.407 e. The summed E-state index contributed by atoms with van der Waals surface area (Å²) in [4.78, 5) is 11.4. The highest BCUT2D eigenvalue weighted by atomic mass is 16.6. The van der Waals surface area contributed by atoms with Gasteiger partial charge in [-0.1, -0.05) is 0 Å². The Morgan fingerprint density at radius 1 is 1.53 bits per heavy atom. The Bertz CT molecular complexity index is 266. The van der Waals surface area contributed by atoms with E-state index in [4.69, 9.17) is 16.9 Å². The van der Waals surface area contributed by atoms with Crippen molar-refractivity contribution in [2.45, 2.75) is 38.8 Å². The molecule has 0 fully saturated rings. The molecule has 4 N–H and O–H groups in total. The van der Waals surface area contributed by atoms with E-state index in [2.05, 4.69) is 16.6 Å². The van der Waals surface area contributed by atoms with E-state index in [1.807, 2.05) is 20.8 Å². The van der Waals surface area contributed by atoms with Crippen LogP contribution in [0.25, 0.3) is 0 Å². The van der Waals surface area contributed by atoms with Gasteiger partial charge in [0.25, 0.3) is 0 Å². The number of ether oxygens (including phenoxy) is 1. The second kappa shape index (κ2) is 7.93. The Labute approximate surface area is 103 Å². The largest absolute Gasteiger partial charge is 0.444 e. The molecule has 0 aliphatic heterocycles. The van der Waals surface area contributed by atoms with E-state index in [0.717, 1.165) is 0 Å². The Morgan fingerprint density at radius 3 is 2.65 bits per heavy atom. The number of hydrogen-bond acceptors (Lipinski definition) is 4. The summed E-state index contributed by atoms with van der Waals surface area (Å²) in [6, 6.07) is 0.0101. The zero-order valence-corrected chi connectivity index (χ0v) is 10.9. The predicted octanol–water partition coefficient (Wildman–Crippen LogP) is 0.451.